The molecule has 1 heterocycles. The minimum absolute atomic E-state index is 0.0704. The molecule has 0 aliphatic carbocycles. The molecule has 19 heavy (non-hydrogen) atoms. The Labute approximate surface area is 121 Å². The second kappa shape index (κ2) is 6.18. The maximum atomic E-state index is 12.4. The number of hydrogen-bond acceptors (Lipinski definition) is 3. The number of aryl methyl sites for hydroxylation is 1. The first-order valence-corrected chi connectivity index (χ1v) is 7.05. The predicted molar refractivity (Wildman–Crippen MR) is 76.8 cm³/mol. The first-order chi connectivity index (χ1) is 9.10. The third-order valence-corrected chi connectivity index (χ3v) is 3.70. The van der Waals surface area contributed by atoms with Gasteiger partial charge in [-0.3, -0.25) is 9.69 Å². The third-order valence-electron chi connectivity index (χ3n) is 3.24. The van der Waals surface area contributed by atoms with Crippen molar-refractivity contribution in [2.45, 2.75) is 6.92 Å². The maximum absolute atomic E-state index is 12.4. The zero-order chi connectivity index (χ0) is 13.8. The summed E-state index contributed by atoms with van der Waals surface area (Å²) in [5, 5.41) is 8.66. The summed E-state index contributed by atoms with van der Waals surface area (Å²) >= 11 is 3.42. The molecule has 0 spiro atoms. The fraction of sp³-hybridized carbons (Fsp3) is 0.429. The Morgan fingerprint density at radius 3 is 2.58 bits per heavy atom. The van der Waals surface area contributed by atoms with Crippen molar-refractivity contribution in [3.63, 3.8) is 0 Å². The van der Waals surface area contributed by atoms with E-state index >= 15 is 0 Å². The van der Waals surface area contributed by atoms with Crippen molar-refractivity contribution in [3.05, 3.63) is 33.8 Å². The number of carbonyl (C=O) groups is 1. The number of carbonyl (C=O) groups excluding carboxylic acids is 1. The lowest BCUT2D eigenvalue weighted by atomic mass is 10.1. The number of halogens is 1. The molecule has 100 valence electrons. The molecule has 0 N–H and O–H groups in total. The van der Waals surface area contributed by atoms with Crippen LogP contribution in [0.2, 0.25) is 0 Å². The lowest BCUT2D eigenvalue weighted by molar-refractivity contribution is 0.0651. The van der Waals surface area contributed by atoms with Crippen molar-refractivity contribution >= 4 is 21.8 Å². The van der Waals surface area contributed by atoms with E-state index in [-0.39, 0.29) is 5.91 Å². The van der Waals surface area contributed by atoms with Crippen LogP contribution in [0.3, 0.4) is 0 Å². The largest absolute Gasteiger partial charge is 0.336 e. The highest BCUT2D eigenvalue weighted by atomic mass is 79.9. The number of rotatable bonds is 2. The summed E-state index contributed by atoms with van der Waals surface area (Å²) in [6.07, 6.45) is 0. The summed E-state index contributed by atoms with van der Waals surface area (Å²) in [7, 11) is 0. The van der Waals surface area contributed by atoms with E-state index in [4.69, 9.17) is 5.26 Å². The molecule has 1 aromatic carbocycles. The molecule has 0 unspecified atom stereocenters. The SMILES string of the molecule is Cc1cc(Br)cc(C(=O)N2CCN(CC#N)CC2)c1. The summed E-state index contributed by atoms with van der Waals surface area (Å²) < 4.78 is 0.930. The van der Waals surface area contributed by atoms with E-state index in [2.05, 4.69) is 26.9 Å². The Hall–Kier alpha value is -1.38. The zero-order valence-corrected chi connectivity index (χ0v) is 12.5. The average molecular weight is 322 g/mol. The van der Waals surface area contributed by atoms with E-state index in [1.807, 2.05) is 30.0 Å². The molecule has 0 atom stereocenters. The molecule has 5 heteroatoms. The van der Waals surface area contributed by atoms with Crippen LogP contribution in [0.1, 0.15) is 15.9 Å². The standard InChI is InChI=1S/C14H16BrN3O/c1-11-8-12(10-13(15)9-11)14(19)18-6-4-17(3-2-16)5-7-18/h8-10H,3-7H2,1H3. The summed E-state index contributed by atoms with van der Waals surface area (Å²) in [6, 6.07) is 7.90. The molecule has 1 aliphatic heterocycles. The van der Waals surface area contributed by atoms with Gasteiger partial charge in [-0.05, 0) is 30.7 Å². The fourth-order valence-electron chi connectivity index (χ4n) is 2.25. The first-order valence-electron chi connectivity index (χ1n) is 6.26. The Morgan fingerprint density at radius 2 is 2.00 bits per heavy atom. The second-order valence-electron chi connectivity index (χ2n) is 4.74. The second-order valence-corrected chi connectivity index (χ2v) is 5.66. The van der Waals surface area contributed by atoms with Crippen molar-refractivity contribution in [2.24, 2.45) is 0 Å². The Kier molecular flexibility index (Phi) is 4.56. The van der Waals surface area contributed by atoms with Gasteiger partial charge < -0.3 is 4.90 Å². The van der Waals surface area contributed by atoms with E-state index < -0.39 is 0 Å². The first kappa shape index (κ1) is 14.0. The van der Waals surface area contributed by atoms with Gasteiger partial charge in [0.05, 0.1) is 12.6 Å². The number of piperazine rings is 1. The Bertz CT molecular complexity index is 496. The van der Waals surface area contributed by atoms with Crippen molar-refractivity contribution in [3.8, 4) is 6.07 Å². The molecule has 1 aromatic rings. The monoisotopic (exact) mass is 321 g/mol. The normalized spacial score (nSPS) is 16.2. The van der Waals surface area contributed by atoms with Crippen LogP contribution in [0.5, 0.6) is 0 Å². The van der Waals surface area contributed by atoms with Gasteiger partial charge in [-0.1, -0.05) is 15.9 Å². The summed E-state index contributed by atoms with van der Waals surface area (Å²) in [5.41, 5.74) is 1.79. The molecule has 1 aliphatic rings. The van der Waals surface area contributed by atoms with Crippen molar-refractivity contribution in [1.82, 2.24) is 9.80 Å². The molecular formula is C14H16BrN3O. The highest BCUT2D eigenvalue weighted by Gasteiger charge is 2.22. The zero-order valence-electron chi connectivity index (χ0n) is 10.9. The van der Waals surface area contributed by atoms with E-state index in [1.165, 1.54) is 0 Å². The lowest BCUT2D eigenvalue weighted by Crippen LogP contribution is -2.48. The summed E-state index contributed by atoms with van der Waals surface area (Å²) in [6.45, 7) is 5.33. The van der Waals surface area contributed by atoms with Crippen molar-refractivity contribution < 1.29 is 4.79 Å². The van der Waals surface area contributed by atoms with Gasteiger partial charge in [-0.25, -0.2) is 0 Å². The van der Waals surface area contributed by atoms with Crippen LogP contribution in [0, 0.1) is 18.3 Å². The molecular weight excluding hydrogens is 306 g/mol. The molecule has 1 amide bonds. The maximum Gasteiger partial charge on any atom is 0.253 e. The molecule has 0 bridgehead atoms. The predicted octanol–water partition coefficient (Wildman–Crippen LogP) is 2.04. The van der Waals surface area contributed by atoms with Gasteiger partial charge >= 0.3 is 0 Å². The van der Waals surface area contributed by atoms with Gasteiger partial charge in [-0.2, -0.15) is 5.26 Å². The van der Waals surface area contributed by atoms with E-state index in [9.17, 15) is 4.79 Å². The van der Waals surface area contributed by atoms with Gasteiger partial charge in [0, 0.05) is 36.2 Å². The van der Waals surface area contributed by atoms with Crippen LogP contribution >= 0.6 is 15.9 Å². The highest BCUT2D eigenvalue weighted by molar-refractivity contribution is 9.10. The quantitative estimate of drug-likeness (QED) is 0.783. The molecule has 4 nitrogen and oxygen atoms in total. The minimum Gasteiger partial charge on any atom is -0.336 e. The number of nitriles is 1. The van der Waals surface area contributed by atoms with Gasteiger partial charge in [0.25, 0.3) is 5.91 Å². The van der Waals surface area contributed by atoms with Gasteiger partial charge in [0.2, 0.25) is 0 Å². The Balaban J connectivity index is 2.03. The van der Waals surface area contributed by atoms with Crippen LogP contribution in [-0.2, 0) is 0 Å². The van der Waals surface area contributed by atoms with E-state index in [0.29, 0.717) is 19.6 Å². The molecule has 0 saturated carbocycles. The van der Waals surface area contributed by atoms with Crippen LogP contribution in [0.25, 0.3) is 0 Å². The van der Waals surface area contributed by atoms with E-state index in [0.717, 1.165) is 28.7 Å². The average Bonchev–Trinajstić information content (AvgIpc) is 2.38. The number of nitrogens with zero attached hydrogens (tertiary/aromatic N) is 3. The number of benzene rings is 1. The number of amides is 1. The van der Waals surface area contributed by atoms with Crippen LogP contribution in [0.4, 0.5) is 0 Å². The molecule has 1 saturated heterocycles. The fourth-order valence-corrected chi connectivity index (χ4v) is 2.86. The van der Waals surface area contributed by atoms with Gasteiger partial charge in [0.1, 0.15) is 0 Å². The minimum atomic E-state index is 0.0704. The molecule has 1 fully saturated rings. The van der Waals surface area contributed by atoms with Crippen LogP contribution < -0.4 is 0 Å². The summed E-state index contributed by atoms with van der Waals surface area (Å²) in [5.74, 6) is 0.0704. The van der Waals surface area contributed by atoms with Crippen LogP contribution in [0.15, 0.2) is 22.7 Å². The van der Waals surface area contributed by atoms with Gasteiger partial charge in [-0.15, -0.1) is 0 Å². The molecule has 0 aromatic heterocycles. The van der Waals surface area contributed by atoms with Gasteiger partial charge in [0.15, 0.2) is 0 Å². The van der Waals surface area contributed by atoms with Crippen LogP contribution in [-0.4, -0.2) is 48.4 Å². The topological polar surface area (TPSA) is 47.3 Å². The van der Waals surface area contributed by atoms with E-state index in [1.54, 1.807) is 0 Å². The molecule has 0 radical (unpaired) electrons. The summed E-state index contributed by atoms with van der Waals surface area (Å²) in [4.78, 5) is 16.3. The Morgan fingerprint density at radius 1 is 1.32 bits per heavy atom. The highest BCUT2D eigenvalue weighted by Crippen LogP contribution is 2.17. The number of hydrogen-bond donors (Lipinski definition) is 0. The van der Waals surface area contributed by atoms with Crippen molar-refractivity contribution in [1.29, 1.82) is 5.26 Å². The van der Waals surface area contributed by atoms with Crippen molar-refractivity contribution in [2.75, 3.05) is 32.7 Å². The molecule has 2 rings (SSSR count). The lowest BCUT2D eigenvalue weighted by Gasteiger charge is -2.33. The smallest absolute Gasteiger partial charge is 0.253 e. The third kappa shape index (κ3) is 3.55.